The third kappa shape index (κ3) is 11.9. The van der Waals surface area contributed by atoms with E-state index in [-0.39, 0.29) is 50.3 Å². The number of para-hydroxylation sites is 1. The average Bonchev–Trinajstić information content (AvgIpc) is 3.25. The molecule has 3 aliphatic heterocycles. The van der Waals surface area contributed by atoms with E-state index in [0.29, 0.717) is 6.42 Å². The lowest BCUT2D eigenvalue weighted by molar-refractivity contribution is -0.318. The van der Waals surface area contributed by atoms with Crippen molar-refractivity contribution in [3.8, 4) is 0 Å². The van der Waals surface area contributed by atoms with Crippen molar-refractivity contribution in [2.45, 2.75) is 179 Å². The number of hydrogen-bond donors (Lipinski definition) is 6. The normalized spacial score (nSPS) is 41.5. The molecule has 17 nitrogen and oxygen atoms in total. The van der Waals surface area contributed by atoms with Crippen molar-refractivity contribution in [2.24, 2.45) is 23.7 Å². The molecule has 4 heterocycles. The molecular weight excluding hydrogens is 843 g/mol. The first-order chi connectivity index (χ1) is 30.3. The number of aliphatic hydroxyl groups is 5. The predicted octanol–water partition coefficient (Wildman–Crippen LogP) is 2.67. The van der Waals surface area contributed by atoms with E-state index in [1.165, 1.54) is 27.9 Å². The molecule has 0 radical (unpaired) electrons. The van der Waals surface area contributed by atoms with Crippen molar-refractivity contribution >= 4 is 28.6 Å². The number of pyridine rings is 1. The molecule has 0 saturated carbocycles. The number of nitrogens with zero attached hydrogens (tertiary/aromatic N) is 2. The highest BCUT2D eigenvalue weighted by Gasteiger charge is 2.53. The SMILES string of the molecule is COC1(C)CC(O[C@H]2[C@H](C)[C@@H](OC3OC(C)CC(N(C)C)C3O)[C@](C)(O)C[C@@H](C)C(=O)[C@H](C)[C@@H](O)[C@](C)(O)[C@@H](CCNC(=O)Cc3ccnc4ccccc34)OC(=O)[C@@H]2C)OC(C)C1O. The Balaban J connectivity index is 1.52. The maximum atomic E-state index is 14.7. The number of benzene rings is 1. The van der Waals surface area contributed by atoms with E-state index in [4.69, 9.17) is 28.4 Å². The number of likely N-dealkylation sites (N-methyl/N-ethyl adjacent to an activating group) is 1. The quantitative estimate of drug-likeness (QED) is 0.178. The summed E-state index contributed by atoms with van der Waals surface area (Å²) in [6, 6.07) is 8.85. The molecule has 2 aromatic rings. The van der Waals surface area contributed by atoms with Gasteiger partial charge in [0.15, 0.2) is 12.6 Å². The standard InChI is InChI=1S/C48H75N3O14/c1-25-23-46(7,58)43(65-45-39(54)34(51(10)11)21-26(2)61-45)28(4)40(64-37-24-47(8,60-12)42(56)30(6)62-37)29(5)44(57)63-35(48(9,59)41(55)27(3)38(25)53)18-20-50-36(52)22-31-17-19-49-33-16-14-13-15-32(31)33/h13-17,19,25-30,34-35,37,39-43,45,54-56,58-59H,18,20-24H2,1-12H3,(H,50,52)/t25-,26?,27+,28+,29-,30?,34?,35-,37?,39?,40+,41-,42?,43-,45?,46-,47?,48-/m1/s1. The van der Waals surface area contributed by atoms with Crippen molar-refractivity contribution in [3.63, 3.8) is 0 Å². The molecule has 0 aliphatic carbocycles. The molecule has 18 atom stereocenters. The summed E-state index contributed by atoms with van der Waals surface area (Å²) in [5.74, 6) is -5.94. The van der Waals surface area contributed by atoms with E-state index in [1.807, 2.05) is 50.2 Å². The van der Waals surface area contributed by atoms with Gasteiger partial charge in [-0.25, -0.2) is 0 Å². The number of amides is 1. The number of ketones is 1. The van der Waals surface area contributed by atoms with Crippen LogP contribution in [0.5, 0.6) is 0 Å². The summed E-state index contributed by atoms with van der Waals surface area (Å²) in [6.45, 7) is 14.3. The van der Waals surface area contributed by atoms with Crippen LogP contribution >= 0.6 is 0 Å². The molecule has 1 amide bonds. The van der Waals surface area contributed by atoms with E-state index in [1.54, 1.807) is 46.9 Å². The third-order valence-corrected chi connectivity index (χ3v) is 14.3. The van der Waals surface area contributed by atoms with Gasteiger partial charge in [-0.2, -0.15) is 0 Å². The lowest BCUT2D eigenvalue weighted by Crippen LogP contribution is -2.61. The van der Waals surface area contributed by atoms with Gasteiger partial charge in [-0.05, 0) is 86.2 Å². The molecule has 0 spiro atoms. The highest BCUT2D eigenvalue weighted by atomic mass is 16.7. The number of fused-ring (bicyclic) bond motifs is 1. The Kier molecular flexibility index (Phi) is 17.4. The number of carbonyl (C=O) groups excluding carboxylic acids is 3. The van der Waals surface area contributed by atoms with Crippen molar-refractivity contribution in [2.75, 3.05) is 27.7 Å². The van der Waals surface area contributed by atoms with Gasteiger partial charge in [-0.15, -0.1) is 0 Å². The van der Waals surface area contributed by atoms with Crippen LogP contribution in [0.15, 0.2) is 36.5 Å². The molecule has 3 fully saturated rings. The fourth-order valence-electron chi connectivity index (χ4n) is 10.2. The van der Waals surface area contributed by atoms with Crippen LogP contribution in [0.4, 0.5) is 0 Å². The van der Waals surface area contributed by atoms with Gasteiger partial charge >= 0.3 is 5.97 Å². The topological polar surface area (TPSA) is 236 Å². The Morgan fingerprint density at radius 2 is 1.60 bits per heavy atom. The molecule has 8 unspecified atom stereocenters. The van der Waals surface area contributed by atoms with E-state index in [9.17, 15) is 39.9 Å². The summed E-state index contributed by atoms with van der Waals surface area (Å²) >= 11 is 0. The zero-order chi connectivity index (χ0) is 48.3. The van der Waals surface area contributed by atoms with Crippen LogP contribution in [-0.2, 0) is 49.2 Å². The number of aliphatic hydroxyl groups excluding tert-OH is 3. The summed E-state index contributed by atoms with van der Waals surface area (Å²) in [5, 5.41) is 62.9. The Hall–Kier alpha value is -3.20. The van der Waals surface area contributed by atoms with Crippen molar-refractivity contribution < 1.29 is 68.3 Å². The first-order valence-electron chi connectivity index (χ1n) is 23.0. The molecule has 6 N–H and O–H groups in total. The number of nitrogens with one attached hydrogen (secondary N) is 1. The zero-order valence-electron chi connectivity index (χ0n) is 40.2. The predicted molar refractivity (Wildman–Crippen MR) is 239 cm³/mol. The van der Waals surface area contributed by atoms with Gasteiger partial charge in [-0.1, -0.05) is 39.0 Å². The van der Waals surface area contributed by atoms with Crippen LogP contribution in [0.2, 0.25) is 0 Å². The van der Waals surface area contributed by atoms with Gasteiger partial charge in [0.25, 0.3) is 0 Å². The van der Waals surface area contributed by atoms with Crippen LogP contribution in [0.25, 0.3) is 10.9 Å². The van der Waals surface area contributed by atoms with E-state index >= 15 is 0 Å². The first kappa shape index (κ1) is 52.8. The maximum absolute atomic E-state index is 14.7. The van der Waals surface area contributed by atoms with Crippen molar-refractivity contribution in [1.82, 2.24) is 15.2 Å². The van der Waals surface area contributed by atoms with Crippen LogP contribution in [0, 0.1) is 23.7 Å². The molecule has 3 aliphatic rings. The number of aromatic nitrogens is 1. The Morgan fingerprint density at radius 3 is 2.26 bits per heavy atom. The van der Waals surface area contributed by atoms with Gasteiger partial charge in [0.05, 0.1) is 59.6 Å². The highest BCUT2D eigenvalue weighted by molar-refractivity contribution is 5.88. The number of cyclic esters (lactones) is 1. The number of esters is 1. The minimum Gasteiger partial charge on any atom is -0.459 e. The number of ether oxygens (including phenoxy) is 6. The summed E-state index contributed by atoms with van der Waals surface area (Å²) in [7, 11) is 5.14. The molecule has 366 valence electrons. The van der Waals surface area contributed by atoms with E-state index in [0.717, 1.165) is 16.5 Å². The van der Waals surface area contributed by atoms with Crippen LogP contribution in [0.3, 0.4) is 0 Å². The minimum absolute atomic E-state index is 0.0233. The molecule has 5 rings (SSSR count). The molecule has 1 aromatic carbocycles. The van der Waals surface area contributed by atoms with Crippen LogP contribution in [0.1, 0.15) is 93.6 Å². The van der Waals surface area contributed by atoms with Gasteiger partial charge in [0.1, 0.15) is 29.7 Å². The molecule has 3 saturated heterocycles. The summed E-state index contributed by atoms with van der Waals surface area (Å²) < 4.78 is 37.7. The molecule has 0 bridgehead atoms. The lowest BCUT2D eigenvalue weighted by atomic mass is 9.74. The largest absolute Gasteiger partial charge is 0.459 e. The molecule has 1 aromatic heterocycles. The Morgan fingerprint density at radius 1 is 0.923 bits per heavy atom. The lowest BCUT2D eigenvalue weighted by Gasteiger charge is -2.49. The van der Waals surface area contributed by atoms with E-state index < -0.39 is 108 Å². The van der Waals surface area contributed by atoms with Gasteiger partial charge in [-0.3, -0.25) is 19.4 Å². The number of hydrogen-bond acceptors (Lipinski definition) is 16. The molecule has 65 heavy (non-hydrogen) atoms. The molecule has 17 heteroatoms. The first-order valence-corrected chi connectivity index (χ1v) is 23.0. The second-order valence-electron chi connectivity index (χ2n) is 19.9. The maximum Gasteiger partial charge on any atom is 0.311 e. The second-order valence-corrected chi connectivity index (χ2v) is 19.9. The Bertz CT molecular complexity index is 1930. The fraction of sp³-hybridized carbons (Fsp3) is 0.750. The number of methoxy groups -OCH3 is 1. The van der Waals surface area contributed by atoms with Gasteiger partial charge < -0.3 is 64.2 Å². The summed E-state index contributed by atoms with van der Waals surface area (Å²) in [4.78, 5) is 48.5. The minimum atomic E-state index is -2.22. The van der Waals surface area contributed by atoms with Crippen LogP contribution in [-0.4, -0.2) is 165 Å². The van der Waals surface area contributed by atoms with Gasteiger partial charge in [0.2, 0.25) is 5.91 Å². The summed E-state index contributed by atoms with van der Waals surface area (Å²) in [6.07, 6.45) is -9.46. The fourth-order valence-corrected chi connectivity index (χ4v) is 10.2. The third-order valence-electron chi connectivity index (χ3n) is 14.3. The number of rotatable bonds is 11. The van der Waals surface area contributed by atoms with Crippen molar-refractivity contribution in [3.05, 3.63) is 42.1 Å². The van der Waals surface area contributed by atoms with Crippen molar-refractivity contribution in [1.29, 1.82) is 0 Å². The number of Topliss-reactive ketones (excluding diaryl/α,β-unsaturated/α-hetero) is 1. The monoisotopic (exact) mass is 918 g/mol. The smallest absolute Gasteiger partial charge is 0.311 e. The summed E-state index contributed by atoms with van der Waals surface area (Å²) in [5.41, 5.74) is -3.71. The zero-order valence-corrected chi connectivity index (χ0v) is 40.2. The molecular formula is C48H75N3O14. The van der Waals surface area contributed by atoms with E-state index in [2.05, 4.69) is 10.3 Å². The van der Waals surface area contributed by atoms with Gasteiger partial charge in [0, 0.05) is 61.9 Å². The second kappa shape index (κ2) is 21.4. The average molecular weight is 918 g/mol. The number of carbonyl (C=O) groups is 3. The Labute approximate surface area is 383 Å². The van der Waals surface area contributed by atoms with Crippen LogP contribution < -0.4 is 5.32 Å². The highest BCUT2D eigenvalue weighted by Crippen LogP contribution is 2.41.